The summed E-state index contributed by atoms with van der Waals surface area (Å²) in [5.74, 6) is 1.72. The van der Waals surface area contributed by atoms with Crippen molar-refractivity contribution >= 4 is 29.2 Å². The SMILES string of the molecule is CCNc1ccc(Cl)c(CSc2ccccc2O)n1. The minimum Gasteiger partial charge on any atom is -0.507 e. The van der Waals surface area contributed by atoms with E-state index in [1.807, 2.05) is 31.2 Å². The molecule has 2 N–H and O–H groups in total. The average Bonchev–Trinajstić information content (AvgIpc) is 2.41. The van der Waals surface area contributed by atoms with Crippen LogP contribution in [0.1, 0.15) is 12.6 Å². The Morgan fingerprint density at radius 3 is 2.79 bits per heavy atom. The molecular formula is C14H15ClN2OS. The highest BCUT2D eigenvalue weighted by Crippen LogP contribution is 2.31. The molecule has 19 heavy (non-hydrogen) atoms. The van der Waals surface area contributed by atoms with Gasteiger partial charge in [0.25, 0.3) is 0 Å². The number of benzene rings is 1. The Hall–Kier alpha value is -1.39. The standard InChI is InChI=1S/C14H15ClN2OS/c1-2-16-14-8-7-10(15)11(17-14)9-19-13-6-4-3-5-12(13)18/h3-8,18H,2,9H2,1H3,(H,16,17). The number of aromatic hydroxyl groups is 1. The number of pyridine rings is 1. The van der Waals surface area contributed by atoms with Crippen LogP contribution in [0.2, 0.25) is 5.02 Å². The molecule has 0 aliphatic rings. The zero-order valence-electron chi connectivity index (χ0n) is 10.6. The molecule has 0 aliphatic carbocycles. The molecular weight excluding hydrogens is 280 g/mol. The maximum Gasteiger partial charge on any atom is 0.129 e. The summed E-state index contributed by atoms with van der Waals surface area (Å²) in [4.78, 5) is 5.29. The number of hydrogen-bond acceptors (Lipinski definition) is 4. The van der Waals surface area contributed by atoms with Gasteiger partial charge in [0.1, 0.15) is 11.6 Å². The fourth-order valence-electron chi connectivity index (χ4n) is 1.59. The van der Waals surface area contributed by atoms with Crippen LogP contribution in [-0.2, 0) is 5.75 Å². The average molecular weight is 295 g/mol. The number of nitrogens with one attached hydrogen (secondary N) is 1. The van der Waals surface area contributed by atoms with E-state index in [1.165, 1.54) is 11.8 Å². The molecule has 5 heteroatoms. The zero-order chi connectivity index (χ0) is 13.7. The van der Waals surface area contributed by atoms with E-state index < -0.39 is 0 Å². The van der Waals surface area contributed by atoms with E-state index in [0.29, 0.717) is 10.8 Å². The van der Waals surface area contributed by atoms with Gasteiger partial charge in [-0.1, -0.05) is 23.7 Å². The fourth-order valence-corrected chi connectivity index (χ4v) is 2.74. The van der Waals surface area contributed by atoms with Crippen molar-refractivity contribution in [2.45, 2.75) is 17.6 Å². The second-order valence-corrected chi connectivity index (χ2v) is 5.34. The van der Waals surface area contributed by atoms with Crippen molar-refractivity contribution in [1.29, 1.82) is 0 Å². The number of rotatable bonds is 5. The molecule has 1 aromatic heterocycles. The van der Waals surface area contributed by atoms with Crippen molar-refractivity contribution < 1.29 is 5.11 Å². The topological polar surface area (TPSA) is 45.1 Å². The second kappa shape index (κ2) is 6.68. The second-order valence-electron chi connectivity index (χ2n) is 3.91. The third kappa shape index (κ3) is 3.78. The molecule has 0 saturated carbocycles. The Balaban J connectivity index is 2.10. The van der Waals surface area contributed by atoms with Gasteiger partial charge in [-0.25, -0.2) is 4.98 Å². The molecule has 2 rings (SSSR count). The molecule has 100 valence electrons. The number of thioether (sulfide) groups is 1. The quantitative estimate of drug-likeness (QED) is 0.813. The smallest absolute Gasteiger partial charge is 0.129 e. The van der Waals surface area contributed by atoms with Crippen molar-refractivity contribution in [3.05, 3.63) is 47.1 Å². The fraction of sp³-hybridized carbons (Fsp3) is 0.214. The Morgan fingerprint density at radius 2 is 2.05 bits per heavy atom. The number of anilines is 1. The molecule has 0 amide bonds. The molecule has 0 atom stereocenters. The molecule has 2 aromatic rings. The Morgan fingerprint density at radius 1 is 1.26 bits per heavy atom. The lowest BCUT2D eigenvalue weighted by atomic mass is 10.3. The summed E-state index contributed by atoms with van der Waals surface area (Å²) < 4.78 is 0. The first-order valence-electron chi connectivity index (χ1n) is 6.00. The minimum absolute atomic E-state index is 0.284. The van der Waals surface area contributed by atoms with E-state index in [4.69, 9.17) is 11.6 Å². The van der Waals surface area contributed by atoms with Crippen molar-refractivity contribution in [3.63, 3.8) is 0 Å². The van der Waals surface area contributed by atoms with Gasteiger partial charge in [0, 0.05) is 17.2 Å². The largest absolute Gasteiger partial charge is 0.507 e. The third-order valence-electron chi connectivity index (χ3n) is 2.51. The number of halogens is 1. The lowest BCUT2D eigenvalue weighted by molar-refractivity contribution is 0.462. The molecule has 0 unspecified atom stereocenters. The van der Waals surface area contributed by atoms with Crippen LogP contribution in [0, 0.1) is 0 Å². The summed E-state index contributed by atoms with van der Waals surface area (Å²) >= 11 is 7.65. The van der Waals surface area contributed by atoms with Gasteiger partial charge >= 0.3 is 0 Å². The van der Waals surface area contributed by atoms with Crippen LogP contribution in [0.3, 0.4) is 0 Å². The molecule has 0 fully saturated rings. The highest BCUT2D eigenvalue weighted by atomic mass is 35.5. The van der Waals surface area contributed by atoms with Crippen LogP contribution in [-0.4, -0.2) is 16.6 Å². The maximum absolute atomic E-state index is 9.71. The molecule has 0 saturated heterocycles. The first-order valence-corrected chi connectivity index (χ1v) is 7.37. The van der Waals surface area contributed by atoms with E-state index in [-0.39, 0.29) is 5.75 Å². The number of hydrogen-bond donors (Lipinski definition) is 2. The summed E-state index contributed by atoms with van der Waals surface area (Å²) in [5.41, 5.74) is 0.813. The Labute approximate surface area is 122 Å². The van der Waals surface area contributed by atoms with E-state index in [0.717, 1.165) is 23.0 Å². The summed E-state index contributed by atoms with van der Waals surface area (Å²) in [6.45, 7) is 2.84. The molecule has 1 aromatic carbocycles. The van der Waals surface area contributed by atoms with Gasteiger partial charge in [0.05, 0.1) is 10.7 Å². The van der Waals surface area contributed by atoms with Gasteiger partial charge in [-0.05, 0) is 31.2 Å². The minimum atomic E-state index is 0.284. The van der Waals surface area contributed by atoms with E-state index in [9.17, 15) is 5.11 Å². The predicted octanol–water partition coefficient (Wildman–Crippen LogP) is 4.16. The summed E-state index contributed by atoms with van der Waals surface area (Å²) in [7, 11) is 0. The van der Waals surface area contributed by atoms with Gasteiger partial charge in [-0.3, -0.25) is 0 Å². The molecule has 1 heterocycles. The molecule has 0 aliphatic heterocycles. The summed E-state index contributed by atoms with van der Waals surface area (Å²) in [6, 6.07) is 10.9. The number of phenols is 1. The molecule has 0 spiro atoms. The number of para-hydroxylation sites is 1. The first kappa shape index (κ1) is 14.0. The zero-order valence-corrected chi connectivity index (χ0v) is 12.1. The van der Waals surface area contributed by atoms with E-state index >= 15 is 0 Å². The van der Waals surface area contributed by atoms with Crippen LogP contribution in [0.4, 0.5) is 5.82 Å². The maximum atomic E-state index is 9.71. The van der Waals surface area contributed by atoms with Crippen molar-refractivity contribution in [2.24, 2.45) is 0 Å². The van der Waals surface area contributed by atoms with E-state index in [2.05, 4.69) is 10.3 Å². The molecule has 0 bridgehead atoms. The predicted molar refractivity (Wildman–Crippen MR) is 81.1 cm³/mol. The van der Waals surface area contributed by atoms with Crippen LogP contribution >= 0.6 is 23.4 Å². The Bertz CT molecular complexity index is 563. The van der Waals surface area contributed by atoms with Crippen molar-refractivity contribution in [1.82, 2.24) is 4.98 Å². The van der Waals surface area contributed by atoms with Gasteiger partial charge in [0.2, 0.25) is 0 Å². The normalized spacial score (nSPS) is 10.4. The number of nitrogens with zero attached hydrogens (tertiary/aromatic N) is 1. The van der Waals surface area contributed by atoms with Crippen molar-refractivity contribution in [2.75, 3.05) is 11.9 Å². The van der Waals surface area contributed by atoms with Crippen LogP contribution in [0.15, 0.2) is 41.3 Å². The summed E-state index contributed by atoms with van der Waals surface area (Å²) in [5, 5.41) is 13.5. The molecule has 0 radical (unpaired) electrons. The first-order chi connectivity index (χ1) is 9.20. The number of aromatic nitrogens is 1. The van der Waals surface area contributed by atoms with Gasteiger partial charge in [-0.15, -0.1) is 11.8 Å². The monoisotopic (exact) mass is 294 g/mol. The highest BCUT2D eigenvalue weighted by molar-refractivity contribution is 7.98. The Kier molecular flexibility index (Phi) is 4.93. The molecule has 3 nitrogen and oxygen atoms in total. The van der Waals surface area contributed by atoms with Crippen LogP contribution in [0.25, 0.3) is 0 Å². The van der Waals surface area contributed by atoms with E-state index in [1.54, 1.807) is 12.1 Å². The van der Waals surface area contributed by atoms with Gasteiger partial charge in [-0.2, -0.15) is 0 Å². The lowest BCUT2D eigenvalue weighted by Crippen LogP contribution is -2.01. The van der Waals surface area contributed by atoms with Gasteiger partial charge in [0.15, 0.2) is 0 Å². The van der Waals surface area contributed by atoms with Crippen LogP contribution in [0.5, 0.6) is 5.75 Å². The number of phenolic OH excluding ortho intramolecular Hbond substituents is 1. The van der Waals surface area contributed by atoms with Gasteiger partial charge < -0.3 is 10.4 Å². The summed E-state index contributed by atoms with van der Waals surface area (Å²) in [6.07, 6.45) is 0. The third-order valence-corrected chi connectivity index (χ3v) is 3.92. The highest BCUT2D eigenvalue weighted by Gasteiger charge is 2.07. The van der Waals surface area contributed by atoms with Crippen molar-refractivity contribution in [3.8, 4) is 5.75 Å². The van der Waals surface area contributed by atoms with Crippen LogP contribution < -0.4 is 5.32 Å². The lowest BCUT2D eigenvalue weighted by Gasteiger charge is -2.08.